The van der Waals surface area contributed by atoms with E-state index in [-0.39, 0.29) is 50.9 Å². The highest BCUT2D eigenvalue weighted by Gasteiger charge is 2.34. The van der Waals surface area contributed by atoms with Crippen LogP contribution >= 0.6 is 0 Å². The minimum absolute atomic E-state index is 0.0256. The molecule has 1 aliphatic rings. The van der Waals surface area contributed by atoms with Crippen molar-refractivity contribution in [1.82, 2.24) is 0 Å². The molecule has 0 bridgehead atoms. The molecule has 0 saturated carbocycles. The quantitative estimate of drug-likeness (QED) is 0.431. The summed E-state index contributed by atoms with van der Waals surface area (Å²) in [7, 11) is 0. The van der Waals surface area contributed by atoms with Crippen LogP contribution in [0.1, 0.15) is 39.2 Å². The summed E-state index contributed by atoms with van der Waals surface area (Å²) in [6.45, 7) is 6.37. The summed E-state index contributed by atoms with van der Waals surface area (Å²) < 4.78 is 5.71. The first-order valence-electron chi connectivity index (χ1n) is 10.3. The molecule has 1 aliphatic carbocycles. The number of allylic oxidation sites excluding steroid dienone is 2. The number of hydrogen-bond donors (Lipinski definition) is 4. The lowest BCUT2D eigenvalue weighted by atomic mass is 9.66. The molecule has 3 aromatic rings. The molecule has 0 fully saturated rings. The predicted octanol–water partition coefficient (Wildman–Crippen LogP) is 5.21. The average Bonchev–Trinajstić information content (AvgIpc) is 2.70. The van der Waals surface area contributed by atoms with Gasteiger partial charge in [-0.2, -0.15) is 0 Å². The highest BCUT2D eigenvalue weighted by Crippen LogP contribution is 2.46. The number of phenols is 3. The Labute approximate surface area is 179 Å². The molecule has 31 heavy (non-hydrogen) atoms. The average molecular weight is 422 g/mol. The number of fused-ring (bicyclic) bond motifs is 1. The van der Waals surface area contributed by atoms with Gasteiger partial charge >= 0.3 is 0 Å². The van der Waals surface area contributed by atoms with Crippen LogP contribution in [0.15, 0.2) is 51.2 Å². The van der Waals surface area contributed by atoms with Gasteiger partial charge in [0, 0.05) is 17.2 Å². The number of aromatic hydroxyl groups is 4. The molecule has 6 heteroatoms. The second-order valence-corrected chi connectivity index (χ2v) is 8.98. The van der Waals surface area contributed by atoms with Crippen molar-refractivity contribution in [2.45, 2.75) is 40.0 Å². The van der Waals surface area contributed by atoms with Crippen LogP contribution in [-0.4, -0.2) is 20.4 Å². The first-order chi connectivity index (χ1) is 14.6. The summed E-state index contributed by atoms with van der Waals surface area (Å²) in [6.07, 6.45) is 4.52. The zero-order chi connectivity index (χ0) is 22.5. The first kappa shape index (κ1) is 20.8. The molecule has 0 saturated heterocycles. The van der Waals surface area contributed by atoms with E-state index in [1.807, 2.05) is 6.92 Å². The van der Waals surface area contributed by atoms with Crippen LogP contribution in [0.2, 0.25) is 0 Å². The van der Waals surface area contributed by atoms with Gasteiger partial charge in [0.05, 0.1) is 0 Å². The smallest absolute Gasteiger partial charge is 0.238 e. The van der Waals surface area contributed by atoms with Gasteiger partial charge < -0.3 is 24.8 Å². The topological polar surface area (TPSA) is 111 Å². The highest BCUT2D eigenvalue weighted by atomic mass is 16.4. The third-order valence-corrected chi connectivity index (χ3v) is 6.50. The lowest BCUT2D eigenvalue weighted by Gasteiger charge is -2.38. The molecule has 0 radical (unpaired) electrons. The number of hydrogen-bond acceptors (Lipinski definition) is 6. The molecule has 4 rings (SSSR count). The van der Waals surface area contributed by atoms with E-state index in [2.05, 4.69) is 19.9 Å². The Hall–Kier alpha value is -3.41. The lowest BCUT2D eigenvalue weighted by Crippen LogP contribution is -2.29. The molecule has 0 spiro atoms. The molecule has 1 atom stereocenters. The summed E-state index contributed by atoms with van der Waals surface area (Å²) in [6, 6.07) is 7.10. The molecule has 1 heterocycles. The molecule has 6 nitrogen and oxygen atoms in total. The molecule has 2 aromatic carbocycles. The normalized spacial score (nSPS) is 18.2. The third kappa shape index (κ3) is 3.52. The number of benzene rings is 2. The van der Waals surface area contributed by atoms with Gasteiger partial charge in [0.1, 0.15) is 28.2 Å². The van der Waals surface area contributed by atoms with Gasteiger partial charge in [-0.25, -0.2) is 0 Å². The number of rotatable bonds is 3. The van der Waals surface area contributed by atoms with Crippen molar-refractivity contribution in [2.75, 3.05) is 0 Å². The van der Waals surface area contributed by atoms with Crippen LogP contribution in [0.25, 0.3) is 22.3 Å². The van der Waals surface area contributed by atoms with Gasteiger partial charge in [-0.05, 0) is 61.8 Å². The minimum Gasteiger partial charge on any atom is -0.508 e. The fourth-order valence-electron chi connectivity index (χ4n) is 4.61. The van der Waals surface area contributed by atoms with Crippen LogP contribution < -0.4 is 5.43 Å². The maximum absolute atomic E-state index is 12.9. The van der Waals surface area contributed by atoms with Crippen molar-refractivity contribution >= 4 is 11.0 Å². The maximum Gasteiger partial charge on any atom is 0.238 e. The lowest BCUT2D eigenvalue weighted by molar-refractivity contribution is 0.211. The molecule has 162 valence electrons. The second kappa shape index (κ2) is 7.38. The van der Waals surface area contributed by atoms with Gasteiger partial charge in [0.25, 0.3) is 0 Å². The van der Waals surface area contributed by atoms with Crippen molar-refractivity contribution < 1.29 is 24.8 Å². The van der Waals surface area contributed by atoms with Crippen LogP contribution in [0.5, 0.6) is 23.0 Å². The summed E-state index contributed by atoms with van der Waals surface area (Å²) in [5.41, 5.74) is 1.000. The van der Waals surface area contributed by atoms with Crippen LogP contribution in [0, 0.1) is 11.3 Å². The van der Waals surface area contributed by atoms with E-state index in [4.69, 9.17) is 4.42 Å². The van der Waals surface area contributed by atoms with Gasteiger partial charge in [-0.15, -0.1) is 0 Å². The van der Waals surface area contributed by atoms with E-state index in [0.717, 1.165) is 12.8 Å². The van der Waals surface area contributed by atoms with Crippen molar-refractivity contribution in [3.05, 3.63) is 57.8 Å². The zero-order valence-electron chi connectivity index (χ0n) is 17.8. The Bertz CT molecular complexity index is 1250. The van der Waals surface area contributed by atoms with E-state index >= 15 is 0 Å². The van der Waals surface area contributed by atoms with Crippen molar-refractivity contribution in [3.63, 3.8) is 0 Å². The van der Waals surface area contributed by atoms with E-state index < -0.39 is 11.2 Å². The Balaban J connectivity index is 1.87. The van der Waals surface area contributed by atoms with Gasteiger partial charge in [0.2, 0.25) is 11.2 Å². The van der Waals surface area contributed by atoms with Crippen LogP contribution in [0.3, 0.4) is 0 Å². The van der Waals surface area contributed by atoms with Gasteiger partial charge in [-0.1, -0.05) is 25.5 Å². The van der Waals surface area contributed by atoms with E-state index in [1.54, 1.807) is 0 Å². The largest absolute Gasteiger partial charge is 0.508 e. The van der Waals surface area contributed by atoms with Crippen molar-refractivity contribution in [3.8, 4) is 34.3 Å². The predicted molar refractivity (Wildman–Crippen MR) is 119 cm³/mol. The standard InChI is InChI=1S/C25H26O6/c1-13-5-4-10-25(2,3)17(13)11-16-18(27)12-19-20(21(16)28)22(29)23(30)24(31-19)14-6-8-15(26)9-7-14/h5-9,12,17,26-28,30H,4,10-11H2,1-3H3/t17-/m1/s1. The molecule has 1 aromatic heterocycles. The highest BCUT2D eigenvalue weighted by molar-refractivity contribution is 5.89. The molecule has 0 unspecified atom stereocenters. The SMILES string of the molecule is CC1=CCCC(C)(C)[C@@H]1Cc1c(O)cc2oc(-c3ccc(O)cc3)c(O)c(=O)c2c1O. The monoisotopic (exact) mass is 422 g/mol. The van der Waals surface area contributed by atoms with Crippen LogP contribution in [-0.2, 0) is 6.42 Å². The summed E-state index contributed by atoms with van der Waals surface area (Å²) in [4.78, 5) is 12.9. The molecule has 4 N–H and O–H groups in total. The fraction of sp³-hybridized carbons (Fsp3) is 0.320. The third-order valence-electron chi connectivity index (χ3n) is 6.50. The second-order valence-electron chi connectivity index (χ2n) is 8.98. The first-order valence-corrected chi connectivity index (χ1v) is 10.3. The Morgan fingerprint density at radius 1 is 1.06 bits per heavy atom. The Kier molecular flexibility index (Phi) is 4.96. The molecule has 0 aliphatic heterocycles. The summed E-state index contributed by atoms with van der Waals surface area (Å²) in [5, 5.41) is 41.4. The summed E-state index contributed by atoms with van der Waals surface area (Å²) >= 11 is 0. The fourth-order valence-corrected chi connectivity index (χ4v) is 4.61. The minimum atomic E-state index is -0.779. The van der Waals surface area contributed by atoms with Crippen molar-refractivity contribution in [1.29, 1.82) is 0 Å². The van der Waals surface area contributed by atoms with Crippen LogP contribution in [0.4, 0.5) is 0 Å². The Morgan fingerprint density at radius 3 is 2.39 bits per heavy atom. The van der Waals surface area contributed by atoms with E-state index in [9.17, 15) is 25.2 Å². The van der Waals surface area contributed by atoms with Gasteiger partial charge in [-0.3, -0.25) is 4.79 Å². The van der Waals surface area contributed by atoms with Gasteiger partial charge in [0.15, 0.2) is 5.76 Å². The summed E-state index contributed by atoms with van der Waals surface area (Å²) in [5.74, 6) is -1.15. The maximum atomic E-state index is 12.9. The Morgan fingerprint density at radius 2 is 1.74 bits per heavy atom. The number of phenolic OH excluding ortho intramolecular Hbond substituents is 3. The van der Waals surface area contributed by atoms with Crippen molar-refractivity contribution in [2.24, 2.45) is 11.3 Å². The van der Waals surface area contributed by atoms with E-state index in [0.29, 0.717) is 12.0 Å². The molecule has 0 amide bonds. The molecular weight excluding hydrogens is 396 g/mol. The zero-order valence-corrected chi connectivity index (χ0v) is 17.8. The van der Waals surface area contributed by atoms with E-state index in [1.165, 1.54) is 35.9 Å². The molecular formula is C25H26O6.